The molecule has 0 bridgehead atoms. The minimum atomic E-state index is -1.28. The highest BCUT2D eigenvalue weighted by molar-refractivity contribution is 5.91. The molecule has 2 heterocycles. The van der Waals surface area contributed by atoms with Crippen LogP contribution in [0.15, 0.2) is 18.2 Å². The van der Waals surface area contributed by atoms with Crippen LogP contribution in [-0.2, 0) is 23.7 Å². The first-order valence-electron chi connectivity index (χ1n) is 9.60. The van der Waals surface area contributed by atoms with Crippen molar-refractivity contribution >= 4 is 17.3 Å². The van der Waals surface area contributed by atoms with Gasteiger partial charge >= 0.3 is 5.97 Å². The molecule has 0 aromatic heterocycles. The monoisotopic (exact) mass is 450 g/mol. The van der Waals surface area contributed by atoms with Crippen molar-refractivity contribution in [2.45, 2.75) is 63.7 Å². The molecule has 2 aliphatic rings. The molecular weight excluding hydrogens is 428 g/mol. The summed E-state index contributed by atoms with van der Waals surface area (Å²) in [6.45, 7) is 6.96. The summed E-state index contributed by atoms with van der Waals surface area (Å²) < 4.78 is 28.5. The second-order valence-electron chi connectivity index (χ2n) is 8.18. The number of nitro groups is 2. The third kappa shape index (κ3) is 5.03. The minimum Gasteiger partial charge on any atom is -0.443 e. The van der Waals surface area contributed by atoms with Crippen LogP contribution in [0, 0.1) is 32.6 Å². The largest absolute Gasteiger partial charge is 0.443 e. The van der Waals surface area contributed by atoms with E-state index in [-0.39, 0.29) is 6.61 Å². The zero-order valence-electron chi connectivity index (χ0n) is 17.8. The normalized spacial score (nSPS) is 26.8. The van der Waals surface area contributed by atoms with Gasteiger partial charge in [0.15, 0.2) is 17.7 Å². The van der Waals surface area contributed by atoms with Crippen LogP contribution < -0.4 is 0 Å². The second-order valence-corrected chi connectivity index (χ2v) is 8.18. The Kier molecular flexibility index (Phi) is 6.21. The number of nitrogens with zero attached hydrogens (tertiary/aromatic N) is 2. The zero-order valence-corrected chi connectivity index (χ0v) is 17.8. The average Bonchev–Trinajstić information content (AvgIpc) is 3.23. The van der Waals surface area contributed by atoms with Gasteiger partial charge in [-0.25, -0.2) is 4.79 Å². The van der Waals surface area contributed by atoms with Gasteiger partial charge in [0.05, 0.1) is 28.1 Å². The van der Waals surface area contributed by atoms with Gasteiger partial charge in [-0.2, -0.15) is 0 Å². The second kappa shape index (κ2) is 8.44. The van der Waals surface area contributed by atoms with Crippen molar-refractivity contribution in [3.63, 3.8) is 0 Å². The fourth-order valence-electron chi connectivity index (χ4n) is 3.52. The summed E-state index contributed by atoms with van der Waals surface area (Å²) in [6, 6.07) is 2.47. The molecule has 2 saturated heterocycles. The molecule has 0 radical (unpaired) electrons. The Balaban J connectivity index is 1.85. The predicted molar refractivity (Wildman–Crippen MR) is 107 cm³/mol. The molecule has 32 heavy (non-hydrogen) atoms. The van der Waals surface area contributed by atoms with Crippen molar-refractivity contribution in [3.05, 3.63) is 44.0 Å². The molecule has 4 atom stereocenters. The Labute approximate surface area is 183 Å². The summed E-state index contributed by atoms with van der Waals surface area (Å²) >= 11 is 0. The van der Waals surface area contributed by atoms with Gasteiger partial charge in [-0.05, 0) is 27.7 Å². The third-order valence-corrected chi connectivity index (χ3v) is 4.82. The number of carbonyl (C=O) groups excluding carboxylic acids is 1. The molecule has 0 spiro atoms. The predicted octanol–water partition coefficient (Wildman–Crippen LogP) is 2.33. The lowest BCUT2D eigenvalue weighted by molar-refractivity contribution is -0.394. The molecular formula is C20H22N2O10. The van der Waals surface area contributed by atoms with Gasteiger partial charge in [0.1, 0.15) is 18.3 Å². The molecule has 0 unspecified atom stereocenters. The molecule has 0 N–H and O–H groups in total. The number of nitro benzene ring substituents is 2. The Morgan fingerprint density at radius 1 is 1.09 bits per heavy atom. The molecule has 1 aromatic carbocycles. The Morgan fingerprint density at radius 2 is 1.69 bits per heavy atom. The molecule has 2 fully saturated rings. The Morgan fingerprint density at radius 3 is 2.16 bits per heavy atom. The lowest BCUT2D eigenvalue weighted by atomic mass is 10.0. The van der Waals surface area contributed by atoms with Crippen LogP contribution in [0.2, 0.25) is 0 Å². The van der Waals surface area contributed by atoms with Crippen LogP contribution >= 0.6 is 0 Å². The number of esters is 1. The fraction of sp³-hybridized carbons (Fsp3) is 0.550. The molecule has 0 amide bonds. The lowest BCUT2D eigenvalue weighted by Gasteiger charge is -2.26. The van der Waals surface area contributed by atoms with E-state index < -0.39 is 68.7 Å². The summed E-state index contributed by atoms with van der Waals surface area (Å²) in [5, 5.41) is 22.2. The van der Waals surface area contributed by atoms with E-state index in [1.165, 1.54) is 0 Å². The lowest BCUT2D eigenvalue weighted by Crippen LogP contribution is -2.45. The van der Waals surface area contributed by atoms with E-state index >= 15 is 0 Å². The standard InChI is InChI=1S/C20H22N2O10/c1-6-14(16-17(32-20(4,5)31-16)15-10-28-19(2,3)30-15)29-18(23)11-7-12(21(24)25)9-13(8-11)22(26)27/h1,7-9,14-17H,10H2,2-5H3/t14-,15+,16+,17+/m1/s1. The van der Waals surface area contributed by atoms with E-state index in [2.05, 4.69) is 5.92 Å². The molecule has 1 aromatic rings. The number of non-ortho nitro benzene ring substituents is 2. The summed E-state index contributed by atoms with van der Waals surface area (Å²) in [5.41, 5.74) is -1.68. The van der Waals surface area contributed by atoms with Crippen LogP contribution in [0.25, 0.3) is 0 Å². The van der Waals surface area contributed by atoms with Crippen LogP contribution in [-0.4, -0.2) is 58.4 Å². The van der Waals surface area contributed by atoms with Gasteiger partial charge < -0.3 is 23.7 Å². The molecule has 12 heteroatoms. The zero-order chi connectivity index (χ0) is 23.8. The van der Waals surface area contributed by atoms with Crippen LogP contribution in [0.5, 0.6) is 0 Å². The highest BCUT2D eigenvalue weighted by atomic mass is 16.8. The maximum Gasteiger partial charge on any atom is 0.339 e. The van der Waals surface area contributed by atoms with Crippen molar-refractivity contribution in [2.75, 3.05) is 6.61 Å². The number of rotatable bonds is 6. The number of ether oxygens (including phenoxy) is 5. The van der Waals surface area contributed by atoms with Gasteiger partial charge in [0, 0.05) is 12.1 Å². The number of carbonyl (C=O) groups is 1. The molecule has 172 valence electrons. The van der Waals surface area contributed by atoms with Crippen molar-refractivity contribution in [3.8, 4) is 12.3 Å². The SMILES string of the molecule is C#C[C@@H](OC(=O)c1cc([N+](=O)[O-])cc([N+](=O)[O-])c1)[C@@H]1OC(C)(C)O[C@H]1[C@@H]1COC(C)(C)O1. The van der Waals surface area contributed by atoms with Gasteiger partial charge in [-0.1, -0.05) is 5.92 Å². The van der Waals surface area contributed by atoms with E-state index in [1.807, 2.05) is 0 Å². The molecule has 0 aliphatic carbocycles. The Hall–Kier alpha value is -3.11. The number of hydrogen-bond donors (Lipinski definition) is 0. The van der Waals surface area contributed by atoms with E-state index in [9.17, 15) is 25.0 Å². The van der Waals surface area contributed by atoms with Gasteiger partial charge in [0.2, 0.25) is 0 Å². The van der Waals surface area contributed by atoms with Crippen molar-refractivity contribution in [2.24, 2.45) is 0 Å². The third-order valence-electron chi connectivity index (χ3n) is 4.82. The number of hydrogen-bond acceptors (Lipinski definition) is 10. The van der Waals surface area contributed by atoms with Crippen LogP contribution in [0.1, 0.15) is 38.1 Å². The van der Waals surface area contributed by atoms with Crippen LogP contribution in [0.4, 0.5) is 11.4 Å². The molecule has 2 aliphatic heterocycles. The van der Waals surface area contributed by atoms with Crippen molar-refractivity contribution < 1.29 is 38.3 Å². The summed E-state index contributed by atoms with van der Waals surface area (Å²) in [5.74, 6) is -0.692. The van der Waals surface area contributed by atoms with Gasteiger partial charge in [0.25, 0.3) is 11.4 Å². The first kappa shape index (κ1) is 23.6. The first-order valence-corrected chi connectivity index (χ1v) is 9.60. The maximum atomic E-state index is 12.7. The summed E-state index contributed by atoms with van der Waals surface area (Å²) in [7, 11) is 0. The molecule has 0 saturated carbocycles. The van der Waals surface area contributed by atoms with E-state index in [1.54, 1.807) is 27.7 Å². The van der Waals surface area contributed by atoms with Gasteiger partial charge in [-0.3, -0.25) is 20.2 Å². The summed E-state index contributed by atoms with van der Waals surface area (Å²) in [4.78, 5) is 33.2. The van der Waals surface area contributed by atoms with Gasteiger partial charge in [-0.15, -0.1) is 6.42 Å². The van der Waals surface area contributed by atoms with E-state index in [4.69, 9.17) is 30.1 Å². The quantitative estimate of drug-likeness (QED) is 0.273. The molecule has 3 rings (SSSR count). The smallest absolute Gasteiger partial charge is 0.339 e. The van der Waals surface area contributed by atoms with Crippen molar-refractivity contribution in [1.29, 1.82) is 0 Å². The van der Waals surface area contributed by atoms with E-state index in [0.29, 0.717) is 0 Å². The minimum absolute atomic E-state index is 0.190. The fourth-order valence-corrected chi connectivity index (χ4v) is 3.52. The average molecular weight is 450 g/mol. The highest BCUT2D eigenvalue weighted by Crippen LogP contribution is 2.37. The Bertz CT molecular complexity index is 951. The first-order chi connectivity index (χ1) is 14.8. The summed E-state index contributed by atoms with van der Waals surface area (Å²) in [6.07, 6.45) is 2.05. The maximum absolute atomic E-state index is 12.7. The molecule has 12 nitrogen and oxygen atoms in total. The topological polar surface area (TPSA) is 150 Å². The highest BCUT2D eigenvalue weighted by Gasteiger charge is 2.53. The number of benzene rings is 1. The van der Waals surface area contributed by atoms with E-state index in [0.717, 1.165) is 18.2 Å². The van der Waals surface area contributed by atoms with Crippen LogP contribution in [0.3, 0.4) is 0 Å². The number of terminal acetylenes is 1. The van der Waals surface area contributed by atoms with Crippen molar-refractivity contribution in [1.82, 2.24) is 0 Å².